The fraction of sp³-hybridized carbons (Fsp3) is 0.857. The lowest BCUT2D eigenvalue weighted by Gasteiger charge is -2.27. The topological polar surface area (TPSA) is 58.6 Å². The van der Waals surface area contributed by atoms with E-state index < -0.39 is 5.97 Å². The molecule has 1 fully saturated rings. The van der Waals surface area contributed by atoms with Crippen LogP contribution in [0, 0.1) is 0 Å². The van der Waals surface area contributed by atoms with Gasteiger partial charge in [0.15, 0.2) is 0 Å². The van der Waals surface area contributed by atoms with Gasteiger partial charge in [-0.05, 0) is 6.92 Å². The van der Waals surface area contributed by atoms with Crippen LogP contribution in [0.4, 0.5) is 0 Å². The second-order valence-corrected chi connectivity index (χ2v) is 2.86. The van der Waals surface area contributed by atoms with E-state index in [9.17, 15) is 4.79 Å². The van der Waals surface area contributed by atoms with Crippen LogP contribution < -0.4 is 5.32 Å². The van der Waals surface area contributed by atoms with Crippen molar-refractivity contribution in [3.63, 3.8) is 0 Å². The van der Waals surface area contributed by atoms with E-state index in [1.165, 1.54) is 0 Å². The molecule has 0 radical (unpaired) electrons. The molecule has 64 valence electrons. The van der Waals surface area contributed by atoms with Gasteiger partial charge in [-0.25, -0.2) is 0 Å². The summed E-state index contributed by atoms with van der Waals surface area (Å²) in [6, 6.07) is 0.347. The van der Waals surface area contributed by atoms with Gasteiger partial charge in [-0.2, -0.15) is 0 Å². The highest BCUT2D eigenvalue weighted by Crippen LogP contribution is 2.04. The minimum atomic E-state index is -0.800. The van der Waals surface area contributed by atoms with Crippen molar-refractivity contribution in [1.82, 2.24) is 5.32 Å². The first kappa shape index (κ1) is 8.49. The van der Waals surface area contributed by atoms with Gasteiger partial charge in [-0.1, -0.05) is 0 Å². The van der Waals surface area contributed by atoms with Crippen LogP contribution in [0.1, 0.15) is 13.3 Å². The molecule has 11 heavy (non-hydrogen) atoms. The van der Waals surface area contributed by atoms with Crippen molar-refractivity contribution in [3.8, 4) is 0 Å². The van der Waals surface area contributed by atoms with Crippen molar-refractivity contribution >= 4 is 5.97 Å². The van der Waals surface area contributed by atoms with E-state index in [0.29, 0.717) is 19.2 Å². The molecular weight excluding hydrogens is 146 g/mol. The second-order valence-electron chi connectivity index (χ2n) is 2.86. The quantitative estimate of drug-likeness (QED) is 0.587. The Kier molecular flexibility index (Phi) is 2.84. The summed E-state index contributed by atoms with van der Waals surface area (Å²) in [4.78, 5) is 10.2. The predicted molar refractivity (Wildman–Crippen MR) is 39.5 cm³/mol. The molecule has 0 bridgehead atoms. The van der Waals surface area contributed by atoms with Crippen LogP contribution in [-0.4, -0.2) is 36.4 Å². The number of carboxylic acid groups (broad SMARTS) is 1. The Hall–Kier alpha value is -0.610. The molecule has 0 aromatic rings. The third-order valence-electron chi connectivity index (χ3n) is 1.68. The van der Waals surface area contributed by atoms with Crippen molar-refractivity contribution in [3.05, 3.63) is 0 Å². The highest BCUT2D eigenvalue weighted by atomic mass is 16.5. The maximum absolute atomic E-state index is 10.2. The minimum absolute atomic E-state index is 0.0969. The van der Waals surface area contributed by atoms with Crippen LogP contribution >= 0.6 is 0 Å². The minimum Gasteiger partial charge on any atom is -0.481 e. The van der Waals surface area contributed by atoms with Crippen LogP contribution in [0.25, 0.3) is 0 Å². The summed E-state index contributed by atoms with van der Waals surface area (Å²) in [5, 5.41) is 11.6. The van der Waals surface area contributed by atoms with Crippen molar-refractivity contribution in [2.24, 2.45) is 0 Å². The molecule has 0 unspecified atom stereocenters. The number of nitrogens with one attached hydrogen (secondary N) is 1. The average molecular weight is 159 g/mol. The standard InChI is InChI=1S/C7H13NO3/c1-5-4-11-6(3-8-5)2-7(9)10/h5-6,8H,2-4H2,1H3,(H,9,10)/t5-,6+/m1/s1. The van der Waals surface area contributed by atoms with E-state index in [1.54, 1.807) is 0 Å². The maximum atomic E-state index is 10.2. The Balaban J connectivity index is 2.22. The largest absolute Gasteiger partial charge is 0.481 e. The zero-order valence-electron chi connectivity index (χ0n) is 6.54. The van der Waals surface area contributed by atoms with E-state index in [1.807, 2.05) is 6.92 Å². The highest BCUT2D eigenvalue weighted by molar-refractivity contribution is 5.67. The van der Waals surface area contributed by atoms with Gasteiger partial charge in [0.2, 0.25) is 0 Å². The molecule has 2 atom stereocenters. The van der Waals surface area contributed by atoms with E-state index >= 15 is 0 Å². The normalized spacial score (nSPS) is 31.7. The van der Waals surface area contributed by atoms with Crippen LogP contribution in [0.3, 0.4) is 0 Å². The smallest absolute Gasteiger partial charge is 0.306 e. The van der Waals surface area contributed by atoms with E-state index in [0.717, 1.165) is 0 Å². The lowest BCUT2D eigenvalue weighted by molar-refractivity contribution is -0.141. The molecule has 1 aliphatic rings. The predicted octanol–water partition coefficient (Wildman–Crippen LogP) is -0.162. The number of ether oxygens (including phenoxy) is 1. The lowest BCUT2D eigenvalue weighted by atomic mass is 10.2. The zero-order chi connectivity index (χ0) is 8.27. The van der Waals surface area contributed by atoms with Gasteiger partial charge in [-0.3, -0.25) is 4.79 Å². The molecule has 2 N–H and O–H groups in total. The van der Waals surface area contributed by atoms with Gasteiger partial charge in [0.05, 0.1) is 19.1 Å². The summed E-state index contributed by atoms with van der Waals surface area (Å²) >= 11 is 0. The second kappa shape index (κ2) is 3.69. The van der Waals surface area contributed by atoms with Gasteiger partial charge < -0.3 is 15.2 Å². The Morgan fingerprint density at radius 2 is 2.55 bits per heavy atom. The Morgan fingerprint density at radius 3 is 3.00 bits per heavy atom. The fourth-order valence-electron chi connectivity index (χ4n) is 1.06. The molecule has 1 rings (SSSR count). The number of carboxylic acids is 1. The first-order valence-electron chi connectivity index (χ1n) is 3.75. The maximum Gasteiger partial charge on any atom is 0.306 e. The molecule has 1 aliphatic heterocycles. The SMILES string of the molecule is C[C@@H]1CO[C@@H](CC(=O)O)CN1. The van der Waals surface area contributed by atoms with Gasteiger partial charge in [0.1, 0.15) is 0 Å². The zero-order valence-corrected chi connectivity index (χ0v) is 6.54. The Bertz CT molecular complexity index is 141. The van der Waals surface area contributed by atoms with Crippen molar-refractivity contribution in [1.29, 1.82) is 0 Å². The van der Waals surface area contributed by atoms with E-state index in [-0.39, 0.29) is 12.5 Å². The molecule has 1 saturated heterocycles. The number of hydrogen-bond donors (Lipinski definition) is 2. The summed E-state index contributed by atoms with van der Waals surface area (Å²) in [6.45, 7) is 3.27. The van der Waals surface area contributed by atoms with Crippen molar-refractivity contribution in [2.75, 3.05) is 13.2 Å². The fourth-order valence-corrected chi connectivity index (χ4v) is 1.06. The molecule has 0 spiro atoms. The molecule has 0 saturated carbocycles. The Morgan fingerprint density at radius 1 is 1.82 bits per heavy atom. The first-order chi connectivity index (χ1) is 5.18. The van der Waals surface area contributed by atoms with Gasteiger partial charge in [0.25, 0.3) is 0 Å². The van der Waals surface area contributed by atoms with E-state index in [4.69, 9.17) is 9.84 Å². The number of aliphatic carboxylic acids is 1. The first-order valence-corrected chi connectivity index (χ1v) is 3.75. The van der Waals surface area contributed by atoms with E-state index in [2.05, 4.69) is 5.32 Å². The summed E-state index contributed by atoms with van der Waals surface area (Å²) in [5.41, 5.74) is 0. The van der Waals surface area contributed by atoms with Crippen LogP contribution in [0.2, 0.25) is 0 Å². The van der Waals surface area contributed by atoms with Crippen molar-refractivity contribution < 1.29 is 14.6 Å². The number of morpholine rings is 1. The third kappa shape index (κ3) is 2.86. The van der Waals surface area contributed by atoms with Crippen LogP contribution in [0.5, 0.6) is 0 Å². The number of hydrogen-bond acceptors (Lipinski definition) is 3. The molecule has 1 heterocycles. The monoisotopic (exact) mass is 159 g/mol. The molecule has 0 amide bonds. The lowest BCUT2D eigenvalue weighted by Crippen LogP contribution is -2.45. The molecule has 0 aromatic heterocycles. The van der Waals surface area contributed by atoms with Gasteiger partial charge >= 0.3 is 5.97 Å². The highest BCUT2D eigenvalue weighted by Gasteiger charge is 2.19. The molecule has 0 aliphatic carbocycles. The molecule has 4 nitrogen and oxygen atoms in total. The third-order valence-corrected chi connectivity index (χ3v) is 1.68. The summed E-state index contributed by atoms with van der Waals surface area (Å²) < 4.78 is 5.26. The summed E-state index contributed by atoms with van der Waals surface area (Å²) in [5.74, 6) is -0.800. The number of rotatable bonds is 2. The Labute approximate surface area is 65.5 Å². The van der Waals surface area contributed by atoms with Crippen LogP contribution in [-0.2, 0) is 9.53 Å². The van der Waals surface area contributed by atoms with Crippen LogP contribution in [0.15, 0.2) is 0 Å². The number of carbonyl (C=O) groups is 1. The van der Waals surface area contributed by atoms with Crippen molar-refractivity contribution in [2.45, 2.75) is 25.5 Å². The van der Waals surface area contributed by atoms with Gasteiger partial charge in [-0.15, -0.1) is 0 Å². The summed E-state index contributed by atoms with van der Waals surface area (Å²) in [7, 11) is 0. The average Bonchev–Trinajstić information content (AvgIpc) is 1.93. The molecular formula is C7H13NO3. The van der Waals surface area contributed by atoms with Gasteiger partial charge in [0, 0.05) is 12.6 Å². The summed E-state index contributed by atoms with van der Waals surface area (Å²) in [6.07, 6.45) is -0.0524. The molecule has 0 aromatic carbocycles. The molecule has 4 heteroatoms.